The number of halogens is 1. The van der Waals surface area contributed by atoms with E-state index in [9.17, 15) is 4.79 Å². The quantitative estimate of drug-likeness (QED) is 0.792. The second-order valence-electron chi connectivity index (χ2n) is 5.13. The highest BCUT2D eigenvalue weighted by Crippen LogP contribution is 2.15. The largest absolute Gasteiger partial charge is 0.476 e. The first kappa shape index (κ1) is 17.1. The zero-order valence-electron chi connectivity index (χ0n) is 13.3. The highest BCUT2D eigenvalue weighted by Gasteiger charge is 2.13. The van der Waals surface area contributed by atoms with Gasteiger partial charge in [0.15, 0.2) is 0 Å². The van der Waals surface area contributed by atoms with Crippen molar-refractivity contribution in [2.75, 3.05) is 13.2 Å². The topological polar surface area (TPSA) is 81.1 Å². The van der Waals surface area contributed by atoms with Gasteiger partial charge < -0.3 is 15.4 Å². The van der Waals surface area contributed by atoms with Gasteiger partial charge in [-0.05, 0) is 19.9 Å². The molecule has 2 aromatic rings. The predicted molar refractivity (Wildman–Crippen MR) is 87.6 cm³/mol. The van der Waals surface area contributed by atoms with Crippen LogP contribution in [0, 0.1) is 6.92 Å². The van der Waals surface area contributed by atoms with Crippen molar-refractivity contribution in [3.05, 3.63) is 40.8 Å². The maximum absolute atomic E-state index is 11.9. The number of carbonyl (C=O) groups is 1. The molecular formula is C15H20ClN5O2. The fraction of sp³-hybridized carbons (Fsp3) is 0.400. The highest BCUT2D eigenvalue weighted by atomic mass is 35.5. The van der Waals surface area contributed by atoms with Gasteiger partial charge in [0.25, 0.3) is 0 Å². The molecule has 2 N–H and O–H groups in total. The average molecular weight is 338 g/mol. The molecule has 7 nitrogen and oxygen atoms in total. The third-order valence-corrected chi connectivity index (χ3v) is 3.43. The summed E-state index contributed by atoms with van der Waals surface area (Å²) in [6.45, 7) is 4.52. The first-order valence-electron chi connectivity index (χ1n) is 7.24. The SMILES string of the molecule is Cc1nn(C)cc1[C@@H](C)NC(=O)NCCOc1ccc(Cl)cn1. The first-order valence-corrected chi connectivity index (χ1v) is 7.62. The number of carbonyl (C=O) groups excluding carboxylic acids is 1. The van der Waals surface area contributed by atoms with Crippen LogP contribution in [-0.2, 0) is 7.05 Å². The van der Waals surface area contributed by atoms with Gasteiger partial charge in [0.1, 0.15) is 6.61 Å². The number of nitrogens with one attached hydrogen (secondary N) is 2. The van der Waals surface area contributed by atoms with Crippen molar-refractivity contribution in [2.24, 2.45) is 7.05 Å². The minimum absolute atomic E-state index is 0.123. The number of pyridine rings is 1. The van der Waals surface area contributed by atoms with Gasteiger partial charge in [-0.15, -0.1) is 0 Å². The number of ether oxygens (including phenoxy) is 1. The van der Waals surface area contributed by atoms with Crippen LogP contribution in [0.1, 0.15) is 24.2 Å². The molecule has 2 rings (SSSR count). The van der Waals surface area contributed by atoms with E-state index < -0.39 is 0 Å². The van der Waals surface area contributed by atoms with Crippen LogP contribution in [-0.4, -0.2) is 33.9 Å². The zero-order valence-corrected chi connectivity index (χ0v) is 14.1. The normalized spacial score (nSPS) is 11.8. The van der Waals surface area contributed by atoms with E-state index in [1.54, 1.807) is 16.8 Å². The number of hydrogen-bond acceptors (Lipinski definition) is 4. The van der Waals surface area contributed by atoms with Gasteiger partial charge in [0.2, 0.25) is 5.88 Å². The fourth-order valence-electron chi connectivity index (χ4n) is 2.14. The highest BCUT2D eigenvalue weighted by molar-refractivity contribution is 6.30. The molecule has 8 heteroatoms. The van der Waals surface area contributed by atoms with Crippen molar-refractivity contribution in [3.63, 3.8) is 0 Å². The van der Waals surface area contributed by atoms with Gasteiger partial charge in [-0.1, -0.05) is 11.6 Å². The molecule has 0 bridgehead atoms. The van der Waals surface area contributed by atoms with Crippen LogP contribution in [0.3, 0.4) is 0 Å². The van der Waals surface area contributed by atoms with E-state index in [-0.39, 0.29) is 12.1 Å². The molecule has 2 aromatic heterocycles. The summed E-state index contributed by atoms with van der Waals surface area (Å²) in [4.78, 5) is 15.9. The van der Waals surface area contributed by atoms with Crippen LogP contribution in [0.4, 0.5) is 4.79 Å². The van der Waals surface area contributed by atoms with Crippen LogP contribution in [0.25, 0.3) is 0 Å². The summed E-state index contributed by atoms with van der Waals surface area (Å²) in [5.74, 6) is 0.468. The van der Waals surface area contributed by atoms with Crippen LogP contribution in [0.15, 0.2) is 24.5 Å². The monoisotopic (exact) mass is 337 g/mol. The molecular weight excluding hydrogens is 318 g/mol. The average Bonchev–Trinajstić information content (AvgIpc) is 2.84. The number of nitrogens with zero attached hydrogens (tertiary/aromatic N) is 3. The maximum Gasteiger partial charge on any atom is 0.315 e. The number of urea groups is 1. The molecule has 0 spiro atoms. The molecule has 0 aliphatic heterocycles. The van der Waals surface area contributed by atoms with E-state index in [1.165, 1.54) is 6.20 Å². The lowest BCUT2D eigenvalue weighted by Crippen LogP contribution is -2.39. The Morgan fingerprint density at radius 2 is 2.26 bits per heavy atom. The summed E-state index contributed by atoms with van der Waals surface area (Å²) in [5, 5.41) is 10.4. The van der Waals surface area contributed by atoms with E-state index in [0.717, 1.165) is 11.3 Å². The molecule has 0 fully saturated rings. The van der Waals surface area contributed by atoms with Crippen molar-refractivity contribution < 1.29 is 9.53 Å². The molecule has 0 radical (unpaired) electrons. The number of aryl methyl sites for hydroxylation is 2. The smallest absolute Gasteiger partial charge is 0.315 e. The van der Waals surface area contributed by atoms with E-state index in [4.69, 9.17) is 16.3 Å². The molecule has 0 unspecified atom stereocenters. The zero-order chi connectivity index (χ0) is 16.8. The molecule has 0 saturated carbocycles. The van der Waals surface area contributed by atoms with Gasteiger partial charge in [-0.3, -0.25) is 4.68 Å². The number of aromatic nitrogens is 3. The van der Waals surface area contributed by atoms with Crippen LogP contribution < -0.4 is 15.4 Å². The van der Waals surface area contributed by atoms with E-state index in [2.05, 4.69) is 20.7 Å². The third kappa shape index (κ3) is 5.14. The molecule has 1 atom stereocenters. The molecule has 0 aliphatic rings. The van der Waals surface area contributed by atoms with E-state index in [0.29, 0.717) is 24.1 Å². The summed E-state index contributed by atoms with van der Waals surface area (Å²) in [5.41, 5.74) is 1.89. The lowest BCUT2D eigenvalue weighted by molar-refractivity contribution is 0.233. The first-order chi connectivity index (χ1) is 11.0. The molecule has 2 heterocycles. The van der Waals surface area contributed by atoms with Gasteiger partial charge in [0.05, 0.1) is 23.3 Å². The van der Waals surface area contributed by atoms with E-state index in [1.807, 2.05) is 27.1 Å². The van der Waals surface area contributed by atoms with E-state index >= 15 is 0 Å². The molecule has 0 aromatic carbocycles. The summed E-state index contributed by atoms with van der Waals surface area (Å²) in [6.07, 6.45) is 3.41. The lowest BCUT2D eigenvalue weighted by atomic mass is 10.1. The summed E-state index contributed by atoms with van der Waals surface area (Å²) >= 11 is 5.74. The van der Waals surface area contributed by atoms with Gasteiger partial charge >= 0.3 is 6.03 Å². The van der Waals surface area contributed by atoms with Crippen LogP contribution in [0.2, 0.25) is 5.02 Å². The van der Waals surface area contributed by atoms with Crippen molar-refractivity contribution in [2.45, 2.75) is 19.9 Å². The van der Waals surface area contributed by atoms with Crippen molar-refractivity contribution >= 4 is 17.6 Å². The van der Waals surface area contributed by atoms with Crippen molar-refractivity contribution in [1.82, 2.24) is 25.4 Å². The Labute approximate surface area is 140 Å². The number of amides is 2. The Morgan fingerprint density at radius 1 is 1.48 bits per heavy atom. The Hall–Kier alpha value is -2.28. The van der Waals surface area contributed by atoms with Gasteiger partial charge in [-0.2, -0.15) is 5.10 Å². The Balaban J connectivity index is 1.70. The van der Waals surface area contributed by atoms with Crippen LogP contribution in [0.5, 0.6) is 5.88 Å². The second kappa shape index (κ2) is 7.82. The minimum Gasteiger partial charge on any atom is -0.476 e. The fourth-order valence-corrected chi connectivity index (χ4v) is 2.25. The molecule has 2 amide bonds. The van der Waals surface area contributed by atoms with Crippen molar-refractivity contribution in [1.29, 1.82) is 0 Å². The molecule has 124 valence electrons. The lowest BCUT2D eigenvalue weighted by Gasteiger charge is -2.14. The molecule has 0 saturated heterocycles. The molecule has 23 heavy (non-hydrogen) atoms. The third-order valence-electron chi connectivity index (χ3n) is 3.20. The minimum atomic E-state index is -0.256. The Morgan fingerprint density at radius 3 is 2.87 bits per heavy atom. The van der Waals surface area contributed by atoms with Crippen LogP contribution >= 0.6 is 11.6 Å². The number of hydrogen-bond donors (Lipinski definition) is 2. The summed E-state index contributed by atoms with van der Waals surface area (Å²) in [7, 11) is 1.85. The second-order valence-corrected chi connectivity index (χ2v) is 5.56. The molecule has 0 aliphatic carbocycles. The van der Waals surface area contributed by atoms with Gasteiger partial charge in [-0.25, -0.2) is 9.78 Å². The van der Waals surface area contributed by atoms with Crippen molar-refractivity contribution in [3.8, 4) is 5.88 Å². The number of rotatable bonds is 6. The Bertz CT molecular complexity index is 656. The standard InChI is InChI=1S/C15H20ClN5O2/c1-10(13-9-21(3)20-11(13)2)19-15(22)17-6-7-23-14-5-4-12(16)8-18-14/h4-5,8-10H,6-7H2,1-3H3,(H2,17,19,22)/t10-/m1/s1. The predicted octanol–water partition coefficient (Wildman–Crippen LogP) is 2.22. The Kier molecular flexibility index (Phi) is 5.81. The van der Waals surface area contributed by atoms with Gasteiger partial charge in [0, 0.05) is 31.1 Å². The summed E-state index contributed by atoms with van der Waals surface area (Å²) in [6, 6.07) is 2.99. The summed E-state index contributed by atoms with van der Waals surface area (Å²) < 4.78 is 7.13. The maximum atomic E-state index is 11.9.